The Labute approximate surface area is 98.4 Å². The Hall–Kier alpha value is -1.04. The van der Waals surface area contributed by atoms with Crippen LogP contribution in [0.15, 0.2) is 42.5 Å². The van der Waals surface area contributed by atoms with Crippen molar-refractivity contribution in [1.29, 1.82) is 0 Å². The molecule has 3 unspecified atom stereocenters. The van der Waals surface area contributed by atoms with Gasteiger partial charge in [0.25, 0.3) is 0 Å². The summed E-state index contributed by atoms with van der Waals surface area (Å²) >= 11 is 0. The van der Waals surface area contributed by atoms with Crippen LogP contribution in [-0.4, -0.2) is 0 Å². The molecule has 16 heavy (non-hydrogen) atoms. The number of fused-ring (bicyclic) bond motifs is 1. The molecule has 0 amide bonds. The maximum atomic E-state index is 2.49. The number of benzene rings is 1. The van der Waals surface area contributed by atoms with Crippen LogP contribution in [0.3, 0.4) is 0 Å². The second kappa shape index (κ2) is 4.45. The molecule has 0 N–H and O–H groups in total. The zero-order chi connectivity index (χ0) is 10.8. The van der Waals surface area contributed by atoms with Crippen LogP contribution in [0, 0.1) is 11.8 Å². The molecule has 1 fully saturated rings. The zero-order valence-corrected chi connectivity index (χ0v) is 9.81. The summed E-state index contributed by atoms with van der Waals surface area (Å²) < 4.78 is 0. The van der Waals surface area contributed by atoms with E-state index in [4.69, 9.17) is 0 Å². The van der Waals surface area contributed by atoms with Crippen molar-refractivity contribution in [3.8, 4) is 0 Å². The smallest absolute Gasteiger partial charge is 0.0156 e. The van der Waals surface area contributed by atoms with Crippen LogP contribution in [0.25, 0.3) is 0 Å². The van der Waals surface area contributed by atoms with E-state index >= 15 is 0 Å². The third-order valence-corrected chi connectivity index (χ3v) is 4.41. The minimum atomic E-state index is 0.810. The lowest BCUT2D eigenvalue weighted by molar-refractivity contribution is 0.236. The molecule has 0 heterocycles. The van der Waals surface area contributed by atoms with E-state index in [1.807, 2.05) is 0 Å². The molecular weight excluding hydrogens is 192 g/mol. The third-order valence-electron chi connectivity index (χ3n) is 4.41. The fraction of sp³-hybridized carbons (Fsp3) is 0.500. The van der Waals surface area contributed by atoms with Gasteiger partial charge in [0.2, 0.25) is 0 Å². The molecule has 0 aliphatic heterocycles. The molecule has 0 heteroatoms. The number of rotatable bonds is 1. The largest absolute Gasteiger partial charge is 0.0882 e. The first-order valence-corrected chi connectivity index (χ1v) is 6.65. The average Bonchev–Trinajstić information content (AvgIpc) is 2.39. The van der Waals surface area contributed by atoms with Gasteiger partial charge in [-0.1, -0.05) is 42.5 Å². The van der Waals surface area contributed by atoms with Gasteiger partial charge in [-0.3, -0.25) is 0 Å². The van der Waals surface area contributed by atoms with Crippen molar-refractivity contribution in [2.24, 2.45) is 11.8 Å². The van der Waals surface area contributed by atoms with Gasteiger partial charge in [-0.05, 0) is 55.4 Å². The van der Waals surface area contributed by atoms with E-state index < -0.39 is 0 Å². The normalized spacial score (nSPS) is 33.4. The van der Waals surface area contributed by atoms with Gasteiger partial charge in [-0.25, -0.2) is 0 Å². The number of allylic oxidation sites excluding steroid dienone is 2. The molecular formula is C16H20. The molecule has 3 rings (SSSR count). The Kier molecular flexibility index (Phi) is 2.82. The van der Waals surface area contributed by atoms with Crippen LogP contribution in [-0.2, 0) is 0 Å². The monoisotopic (exact) mass is 212 g/mol. The molecule has 2 aliphatic carbocycles. The maximum absolute atomic E-state index is 2.49. The van der Waals surface area contributed by atoms with Crippen LogP contribution < -0.4 is 0 Å². The molecule has 0 radical (unpaired) electrons. The topological polar surface area (TPSA) is 0 Å². The standard InChI is InChI=1S/C16H20/c1-2-6-13(7-3-1)16-11-10-14-8-4-5-9-15(14)12-16/h1-3,5-7,9,14-16H,4,8,10-12H2. The molecule has 0 nitrogen and oxygen atoms in total. The van der Waals surface area contributed by atoms with Gasteiger partial charge >= 0.3 is 0 Å². The third kappa shape index (κ3) is 1.93. The molecule has 2 aliphatic rings. The first-order chi connectivity index (χ1) is 7.93. The summed E-state index contributed by atoms with van der Waals surface area (Å²) in [4.78, 5) is 0. The highest BCUT2D eigenvalue weighted by Gasteiger charge is 2.30. The maximum Gasteiger partial charge on any atom is -0.0156 e. The van der Waals surface area contributed by atoms with E-state index in [0.717, 1.165) is 17.8 Å². The van der Waals surface area contributed by atoms with Crippen LogP contribution in [0.1, 0.15) is 43.6 Å². The molecule has 1 saturated carbocycles. The summed E-state index contributed by atoms with van der Waals surface area (Å²) in [7, 11) is 0. The lowest BCUT2D eigenvalue weighted by atomic mass is 9.68. The van der Waals surface area contributed by atoms with Gasteiger partial charge in [0, 0.05) is 0 Å². The highest BCUT2D eigenvalue weighted by Crippen LogP contribution is 2.43. The molecule has 1 aromatic carbocycles. The van der Waals surface area contributed by atoms with Crippen molar-refractivity contribution in [3.05, 3.63) is 48.0 Å². The van der Waals surface area contributed by atoms with Crippen LogP contribution in [0.4, 0.5) is 0 Å². The van der Waals surface area contributed by atoms with Crippen molar-refractivity contribution < 1.29 is 0 Å². The van der Waals surface area contributed by atoms with Gasteiger partial charge < -0.3 is 0 Å². The van der Waals surface area contributed by atoms with E-state index in [1.165, 1.54) is 32.1 Å². The van der Waals surface area contributed by atoms with Crippen LogP contribution in [0.5, 0.6) is 0 Å². The first kappa shape index (κ1) is 10.1. The molecule has 0 aromatic heterocycles. The summed E-state index contributed by atoms with van der Waals surface area (Å²) in [6.45, 7) is 0. The lowest BCUT2D eigenvalue weighted by Gasteiger charge is -2.36. The quantitative estimate of drug-likeness (QED) is 0.600. The molecule has 0 bridgehead atoms. The van der Waals surface area contributed by atoms with E-state index in [-0.39, 0.29) is 0 Å². The average molecular weight is 212 g/mol. The van der Waals surface area contributed by atoms with Gasteiger partial charge in [-0.2, -0.15) is 0 Å². The Morgan fingerprint density at radius 2 is 1.81 bits per heavy atom. The van der Waals surface area contributed by atoms with Crippen LogP contribution >= 0.6 is 0 Å². The Balaban J connectivity index is 1.75. The van der Waals surface area contributed by atoms with Crippen molar-refractivity contribution in [2.45, 2.75) is 38.0 Å². The Morgan fingerprint density at radius 1 is 0.938 bits per heavy atom. The van der Waals surface area contributed by atoms with Gasteiger partial charge in [0.1, 0.15) is 0 Å². The predicted octanol–water partition coefficient (Wildman–Crippen LogP) is 4.54. The SMILES string of the molecule is C1=CC2CC(c3ccccc3)CCC2CC1. The zero-order valence-electron chi connectivity index (χ0n) is 9.81. The van der Waals surface area contributed by atoms with Crippen molar-refractivity contribution in [2.75, 3.05) is 0 Å². The minimum absolute atomic E-state index is 0.810. The van der Waals surface area contributed by atoms with E-state index in [9.17, 15) is 0 Å². The number of hydrogen-bond acceptors (Lipinski definition) is 0. The minimum Gasteiger partial charge on any atom is -0.0882 e. The summed E-state index contributed by atoms with van der Waals surface area (Å²) in [6, 6.07) is 11.1. The molecule has 1 aromatic rings. The fourth-order valence-electron chi connectivity index (χ4n) is 3.47. The van der Waals surface area contributed by atoms with Gasteiger partial charge in [0.05, 0.1) is 0 Å². The second-order valence-electron chi connectivity index (χ2n) is 5.35. The highest BCUT2D eigenvalue weighted by atomic mass is 14.3. The fourth-order valence-corrected chi connectivity index (χ4v) is 3.47. The molecule has 0 saturated heterocycles. The van der Waals surface area contributed by atoms with Gasteiger partial charge in [-0.15, -0.1) is 0 Å². The van der Waals surface area contributed by atoms with Crippen LogP contribution in [0.2, 0.25) is 0 Å². The Bertz CT molecular complexity index is 363. The first-order valence-electron chi connectivity index (χ1n) is 6.65. The van der Waals surface area contributed by atoms with Crippen molar-refractivity contribution >= 4 is 0 Å². The predicted molar refractivity (Wildman–Crippen MR) is 68.4 cm³/mol. The lowest BCUT2D eigenvalue weighted by Crippen LogP contribution is -2.24. The summed E-state index contributed by atoms with van der Waals surface area (Å²) in [5.41, 5.74) is 1.56. The van der Waals surface area contributed by atoms with Gasteiger partial charge in [0.15, 0.2) is 0 Å². The van der Waals surface area contributed by atoms with E-state index in [0.29, 0.717) is 0 Å². The number of hydrogen-bond donors (Lipinski definition) is 0. The summed E-state index contributed by atoms with van der Waals surface area (Å²) in [5.74, 6) is 2.67. The molecule has 84 valence electrons. The van der Waals surface area contributed by atoms with Crippen molar-refractivity contribution in [3.63, 3.8) is 0 Å². The van der Waals surface area contributed by atoms with Crippen molar-refractivity contribution in [1.82, 2.24) is 0 Å². The van der Waals surface area contributed by atoms with E-state index in [2.05, 4.69) is 42.5 Å². The highest BCUT2D eigenvalue weighted by molar-refractivity contribution is 5.21. The summed E-state index contributed by atoms with van der Waals surface area (Å²) in [5, 5.41) is 0. The second-order valence-corrected chi connectivity index (χ2v) is 5.35. The molecule has 0 spiro atoms. The Morgan fingerprint density at radius 3 is 2.69 bits per heavy atom. The van der Waals surface area contributed by atoms with E-state index in [1.54, 1.807) is 5.56 Å². The molecule has 3 atom stereocenters. The summed E-state index contributed by atoms with van der Waals surface area (Å²) in [6.07, 6.45) is 11.9.